The Kier molecular flexibility index (Phi) is 4.34. The minimum atomic E-state index is 0.209. The highest BCUT2D eigenvalue weighted by molar-refractivity contribution is 5.69. The lowest BCUT2D eigenvalue weighted by Gasteiger charge is -2.20. The Balaban J connectivity index is 1.74. The van der Waals surface area contributed by atoms with Crippen LogP contribution in [0.3, 0.4) is 0 Å². The van der Waals surface area contributed by atoms with E-state index in [1.54, 1.807) is 0 Å². The lowest BCUT2D eigenvalue weighted by Crippen LogP contribution is -2.19. The van der Waals surface area contributed by atoms with Crippen LogP contribution in [0.25, 0.3) is 0 Å². The Morgan fingerprint density at radius 2 is 1.52 bits per heavy atom. The van der Waals surface area contributed by atoms with E-state index in [1.807, 2.05) is 0 Å². The monoisotopic (exact) mass is 308 g/mol. The van der Waals surface area contributed by atoms with Crippen LogP contribution in [0.5, 0.6) is 0 Å². The summed E-state index contributed by atoms with van der Waals surface area (Å²) < 4.78 is 0. The lowest BCUT2D eigenvalue weighted by molar-refractivity contribution is 0.590. The van der Waals surface area contributed by atoms with Gasteiger partial charge in [0, 0.05) is 13.1 Å². The highest BCUT2D eigenvalue weighted by Gasteiger charge is 2.15. The highest BCUT2D eigenvalue weighted by atomic mass is 15.1. The predicted molar refractivity (Wildman–Crippen MR) is 100 cm³/mol. The molecule has 2 aromatic carbocycles. The number of rotatable bonds is 3. The van der Waals surface area contributed by atoms with Gasteiger partial charge in [-0.1, -0.05) is 51.1 Å². The van der Waals surface area contributed by atoms with E-state index in [0.29, 0.717) is 0 Å². The molecule has 2 N–H and O–H groups in total. The van der Waals surface area contributed by atoms with Crippen LogP contribution in [0.4, 0.5) is 11.4 Å². The third-order valence-electron chi connectivity index (χ3n) is 4.77. The van der Waals surface area contributed by atoms with E-state index in [9.17, 15) is 0 Å². The molecule has 0 radical (unpaired) electrons. The molecular formula is C21H28N2. The van der Waals surface area contributed by atoms with Crippen LogP contribution < -0.4 is 10.6 Å². The molecule has 0 amide bonds. The SMILES string of the molecule is CC(C)(C)c1ccc(Cc2ccc(N3CCCC3)c(N)c2)cc1. The van der Waals surface area contributed by atoms with Gasteiger partial charge in [0.2, 0.25) is 0 Å². The molecule has 0 saturated carbocycles. The number of anilines is 2. The van der Waals surface area contributed by atoms with E-state index < -0.39 is 0 Å². The fourth-order valence-electron chi connectivity index (χ4n) is 3.32. The summed E-state index contributed by atoms with van der Waals surface area (Å²) >= 11 is 0. The lowest BCUT2D eigenvalue weighted by atomic mass is 9.86. The maximum Gasteiger partial charge on any atom is 0.0600 e. The number of nitrogen functional groups attached to an aromatic ring is 1. The number of benzene rings is 2. The zero-order valence-electron chi connectivity index (χ0n) is 14.6. The first-order chi connectivity index (χ1) is 10.9. The van der Waals surface area contributed by atoms with Crippen molar-refractivity contribution in [2.75, 3.05) is 23.7 Å². The molecule has 0 bridgehead atoms. The molecule has 2 aromatic rings. The minimum Gasteiger partial charge on any atom is -0.397 e. The Hall–Kier alpha value is -1.96. The first kappa shape index (κ1) is 15.9. The van der Waals surface area contributed by atoms with E-state index in [0.717, 1.165) is 25.2 Å². The minimum absolute atomic E-state index is 0.209. The van der Waals surface area contributed by atoms with Gasteiger partial charge in [-0.25, -0.2) is 0 Å². The molecule has 0 unspecified atom stereocenters. The van der Waals surface area contributed by atoms with Crippen LogP contribution >= 0.6 is 0 Å². The van der Waals surface area contributed by atoms with Gasteiger partial charge in [-0.15, -0.1) is 0 Å². The molecule has 1 aliphatic rings. The third kappa shape index (κ3) is 3.69. The molecular weight excluding hydrogens is 280 g/mol. The molecule has 2 nitrogen and oxygen atoms in total. The molecule has 0 aromatic heterocycles. The number of nitrogens with zero attached hydrogens (tertiary/aromatic N) is 1. The van der Waals surface area contributed by atoms with Crippen molar-refractivity contribution in [3.05, 3.63) is 59.2 Å². The molecule has 23 heavy (non-hydrogen) atoms. The van der Waals surface area contributed by atoms with Gasteiger partial charge >= 0.3 is 0 Å². The van der Waals surface area contributed by atoms with Gasteiger partial charge in [0.1, 0.15) is 0 Å². The largest absolute Gasteiger partial charge is 0.397 e. The van der Waals surface area contributed by atoms with Crippen molar-refractivity contribution in [3.63, 3.8) is 0 Å². The molecule has 122 valence electrons. The topological polar surface area (TPSA) is 29.3 Å². The van der Waals surface area contributed by atoms with Crippen LogP contribution in [0.15, 0.2) is 42.5 Å². The van der Waals surface area contributed by atoms with Crippen molar-refractivity contribution in [2.45, 2.75) is 45.4 Å². The van der Waals surface area contributed by atoms with Gasteiger partial charge in [-0.05, 0) is 53.5 Å². The van der Waals surface area contributed by atoms with Crippen LogP contribution in [-0.4, -0.2) is 13.1 Å². The second kappa shape index (κ2) is 6.27. The first-order valence-electron chi connectivity index (χ1n) is 8.66. The van der Waals surface area contributed by atoms with E-state index in [1.165, 1.54) is 35.2 Å². The molecule has 0 aliphatic carbocycles. The zero-order chi connectivity index (χ0) is 16.4. The van der Waals surface area contributed by atoms with Crippen molar-refractivity contribution in [2.24, 2.45) is 0 Å². The molecule has 0 spiro atoms. The van der Waals surface area contributed by atoms with Crippen LogP contribution in [0.1, 0.15) is 50.3 Å². The number of nitrogens with two attached hydrogens (primary N) is 1. The summed E-state index contributed by atoms with van der Waals surface area (Å²) in [5.74, 6) is 0. The summed E-state index contributed by atoms with van der Waals surface area (Å²) in [4.78, 5) is 2.40. The van der Waals surface area contributed by atoms with Crippen molar-refractivity contribution in [3.8, 4) is 0 Å². The zero-order valence-corrected chi connectivity index (χ0v) is 14.6. The van der Waals surface area contributed by atoms with Crippen molar-refractivity contribution in [1.29, 1.82) is 0 Å². The predicted octanol–water partition coefficient (Wildman–Crippen LogP) is 4.76. The van der Waals surface area contributed by atoms with E-state index in [-0.39, 0.29) is 5.41 Å². The Morgan fingerprint density at radius 1 is 0.913 bits per heavy atom. The normalized spacial score (nSPS) is 15.2. The molecule has 2 heteroatoms. The van der Waals surface area contributed by atoms with Gasteiger partial charge in [-0.2, -0.15) is 0 Å². The van der Waals surface area contributed by atoms with Gasteiger partial charge in [0.25, 0.3) is 0 Å². The fourth-order valence-corrected chi connectivity index (χ4v) is 3.32. The van der Waals surface area contributed by atoms with Crippen molar-refractivity contribution < 1.29 is 0 Å². The Morgan fingerprint density at radius 3 is 2.09 bits per heavy atom. The highest BCUT2D eigenvalue weighted by Crippen LogP contribution is 2.29. The second-order valence-electron chi connectivity index (χ2n) is 7.71. The number of hydrogen-bond acceptors (Lipinski definition) is 2. The molecule has 1 saturated heterocycles. The molecule has 1 aliphatic heterocycles. The summed E-state index contributed by atoms with van der Waals surface area (Å²) in [6.45, 7) is 9.02. The van der Waals surface area contributed by atoms with Crippen LogP contribution in [0.2, 0.25) is 0 Å². The smallest absolute Gasteiger partial charge is 0.0600 e. The average Bonchev–Trinajstić information content (AvgIpc) is 3.01. The summed E-state index contributed by atoms with van der Waals surface area (Å²) in [7, 11) is 0. The van der Waals surface area contributed by atoms with E-state index in [4.69, 9.17) is 5.73 Å². The summed E-state index contributed by atoms with van der Waals surface area (Å²) in [5.41, 5.74) is 12.6. The van der Waals surface area contributed by atoms with E-state index >= 15 is 0 Å². The molecule has 0 atom stereocenters. The van der Waals surface area contributed by atoms with E-state index in [2.05, 4.69) is 68.1 Å². The molecule has 1 fully saturated rings. The molecule has 1 heterocycles. The summed E-state index contributed by atoms with van der Waals surface area (Å²) in [6, 6.07) is 15.5. The Labute approximate surface area is 140 Å². The van der Waals surface area contributed by atoms with Gasteiger partial charge in [0.05, 0.1) is 11.4 Å². The summed E-state index contributed by atoms with van der Waals surface area (Å²) in [6.07, 6.45) is 3.50. The first-order valence-corrected chi connectivity index (χ1v) is 8.66. The van der Waals surface area contributed by atoms with Crippen molar-refractivity contribution >= 4 is 11.4 Å². The van der Waals surface area contributed by atoms with Gasteiger partial charge in [-0.3, -0.25) is 0 Å². The van der Waals surface area contributed by atoms with Crippen LogP contribution in [0, 0.1) is 0 Å². The average molecular weight is 308 g/mol. The Bertz CT molecular complexity index is 659. The van der Waals surface area contributed by atoms with Crippen molar-refractivity contribution in [1.82, 2.24) is 0 Å². The summed E-state index contributed by atoms with van der Waals surface area (Å²) in [5, 5.41) is 0. The number of hydrogen-bond donors (Lipinski definition) is 1. The standard InChI is InChI=1S/C21H28N2/c1-21(2,3)18-9-6-16(7-10-18)14-17-8-11-20(19(22)15-17)23-12-4-5-13-23/h6-11,15H,4-5,12-14,22H2,1-3H3. The molecule has 3 rings (SSSR count). The van der Waals surface area contributed by atoms with Gasteiger partial charge < -0.3 is 10.6 Å². The maximum absolute atomic E-state index is 6.29. The van der Waals surface area contributed by atoms with Gasteiger partial charge in [0.15, 0.2) is 0 Å². The third-order valence-corrected chi connectivity index (χ3v) is 4.77. The second-order valence-corrected chi connectivity index (χ2v) is 7.71. The maximum atomic E-state index is 6.29. The fraction of sp³-hybridized carbons (Fsp3) is 0.429. The van der Waals surface area contributed by atoms with Crippen LogP contribution in [-0.2, 0) is 11.8 Å². The quantitative estimate of drug-likeness (QED) is 0.829.